The predicted molar refractivity (Wildman–Crippen MR) is 74.6 cm³/mol. The number of hydrogen-bond acceptors (Lipinski definition) is 1. The van der Waals surface area contributed by atoms with Gasteiger partial charge in [0.1, 0.15) is 0 Å². The molecule has 1 aliphatic carbocycles. The zero-order chi connectivity index (χ0) is 12.0. The molecule has 2 nitrogen and oxygen atoms in total. The van der Waals surface area contributed by atoms with Gasteiger partial charge >= 0.3 is 0 Å². The highest BCUT2D eigenvalue weighted by molar-refractivity contribution is 7.71. The SMILES string of the molecule is S=c1[nH]c2cc(Cl)c(Cl)cc2n1C1CC=CC1. The van der Waals surface area contributed by atoms with E-state index in [1.807, 2.05) is 12.1 Å². The molecule has 3 rings (SSSR count). The smallest absolute Gasteiger partial charge is 0.178 e. The third-order valence-corrected chi connectivity index (χ3v) is 4.13. The molecule has 1 N–H and O–H groups in total. The average Bonchev–Trinajstić information content (AvgIpc) is 2.86. The number of benzene rings is 1. The highest BCUT2D eigenvalue weighted by Crippen LogP contribution is 2.32. The van der Waals surface area contributed by atoms with Crippen LogP contribution in [0.25, 0.3) is 11.0 Å². The van der Waals surface area contributed by atoms with Crippen LogP contribution >= 0.6 is 35.4 Å². The molecule has 0 aliphatic heterocycles. The van der Waals surface area contributed by atoms with Crippen molar-refractivity contribution < 1.29 is 0 Å². The van der Waals surface area contributed by atoms with Gasteiger partial charge in [-0.05, 0) is 37.2 Å². The lowest BCUT2D eigenvalue weighted by Gasteiger charge is -2.12. The maximum atomic E-state index is 6.07. The molecule has 1 aromatic carbocycles. The van der Waals surface area contributed by atoms with E-state index in [4.69, 9.17) is 35.4 Å². The van der Waals surface area contributed by atoms with E-state index in [9.17, 15) is 0 Å². The van der Waals surface area contributed by atoms with Crippen molar-refractivity contribution in [2.75, 3.05) is 0 Å². The van der Waals surface area contributed by atoms with Gasteiger partial charge in [-0.25, -0.2) is 0 Å². The molecular formula is C12H10Cl2N2S. The molecule has 1 aliphatic rings. The number of hydrogen-bond donors (Lipinski definition) is 1. The summed E-state index contributed by atoms with van der Waals surface area (Å²) in [4.78, 5) is 3.18. The summed E-state index contributed by atoms with van der Waals surface area (Å²) >= 11 is 17.4. The number of allylic oxidation sites excluding steroid dienone is 2. The Hall–Kier alpha value is -0.770. The highest BCUT2D eigenvalue weighted by atomic mass is 35.5. The third-order valence-electron chi connectivity index (χ3n) is 3.11. The number of nitrogens with zero attached hydrogens (tertiary/aromatic N) is 1. The molecule has 1 aromatic heterocycles. The van der Waals surface area contributed by atoms with Crippen LogP contribution in [0.15, 0.2) is 24.3 Å². The van der Waals surface area contributed by atoms with E-state index in [0.717, 1.165) is 28.6 Å². The van der Waals surface area contributed by atoms with E-state index in [1.165, 1.54) is 0 Å². The van der Waals surface area contributed by atoms with E-state index < -0.39 is 0 Å². The number of aromatic amines is 1. The lowest BCUT2D eigenvalue weighted by molar-refractivity contribution is 0.544. The molecule has 88 valence electrons. The zero-order valence-corrected chi connectivity index (χ0v) is 11.2. The molecule has 0 saturated heterocycles. The fraction of sp³-hybridized carbons (Fsp3) is 0.250. The van der Waals surface area contributed by atoms with Crippen molar-refractivity contribution in [3.05, 3.63) is 39.1 Å². The van der Waals surface area contributed by atoms with Crippen LogP contribution in [0.1, 0.15) is 18.9 Å². The molecule has 0 unspecified atom stereocenters. The number of H-pyrrole nitrogens is 1. The molecule has 0 atom stereocenters. The van der Waals surface area contributed by atoms with Crippen LogP contribution in [-0.4, -0.2) is 9.55 Å². The molecule has 0 bridgehead atoms. The lowest BCUT2D eigenvalue weighted by atomic mass is 10.2. The lowest BCUT2D eigenvalue weighted by Crippen LogP contribution is -2.04. The maximum absolute atomic E-state index is 6.07. The minimum Gasteiger partial charge on any atom is -0.331 e. The topological polar surface area (TPSA) is 20.7 Å². The molecule has 5 heteroatoms. The van der Waals surface area contributed by atoms with Gasteiger partial charge in [0.05, 0.1) is 21.1 Å². The van der Waals surface area contributed by atoms with Crippen LogP contribution in [0.4, 0.5) is 0 Å². The number of rotatable bonds is 1. The van der Waals surface area contributed by atoms with Gasteiger partial charge in [0.2, 0.25) is 0 Å². The fourth-order valence-corrected chi connectivity index (χ4v) is 2.98. The first-order valence-corrected chi connectivity index (χ1v) is 6.57. The number of aromatic nitrogens is 2. The molecule has 1 heterocycles. The second-order valence-electron chi connectivity index (χ2n) is 4.18. The van der Waals surface area contributed by atoms with Gasteiger partial charge in [0, 0.05) is 6.04 Å². The minimum atomic E-state index is 0.397. The Morgan fingerprint density at radius 3 is 2.53 bits per heavy atom. The summed E-state index contributed by atoms with van der Waals surface area (Å²) in [7, 11) is 0. The summed E-state index contributed by atoms with van der Waals surface area (Å²) in [6, 6.07) is 4.10. The standard InChI is InChI=1S/C12H10Cl2N2S/c13-8-5-10-11(6-9(8)14)16(12(17)15-10)7-3-1-2-4-7/h1-2,5-7H,3-4H2,(H,15,17). The molecule has 0 saturated carbocycles. The number of fused-ring (bicyclic) bond motifs is 1. The van der Waals surface area contributed by atoms with Crippen molar-refractivity contribution >= 4 is 46.5 Å². The zero-order valence-electron chi connectivity index (χ0n) is 8.91. The van der Waals surface area contributed by atoms with Crippen molar-refractivity contribution in [1.29, 1.82) is 0 Å². The minimum absolute atomic E-state index is 0.397. The Bertz CT molecular complexity index is 661. The summed E-state index contributed by atoms with van der Waals surface area (Å²) in [5.41, 5.74) is 1.97. The Labute approximate surface area is 114 Å². The summed E-state index contributed by atoms with van der Waals surface area (Å²) in [5.74, 6) is 0. The molecular weight excluding hydrogens is 275 g/mol. The first kappa shape index (κ1) is 11.3. The van der Waals surface area contributed by atoms with Crippen LogP contribution in [0, 0.1) is 4.77 Å². The summed E-state index contributed by atoms with van der Waals surface area (Å²) in [6.07, 6.45) is 6.40. The van der Waals surface area contributed by atoms with Gasteiger partial charge in [0.15, 0.2) is 4.77 Å². The fourth-order valence-electron chi connectivity index (χ4n) is 2.30. The van der Waals surface area contributed by atoms with Gasteiger partial charge in [-0.3, -0.25) is 0 Å². The van der Waals surface area contributed by atoms with Crippen LogP contribution in [0.2, 0.25) is 10.0 Å². The van der Waals surface area contributed by atoms with Crippen molar-refractivity contribution in [3.63, 3.8) is 0 Å². The van der Waals surface area contributed by atoms with E-state index in [0.29, 0.717) is 16.1 Å². The monoisotopic (exact) mass is 284 g/mol. The first-order chi connectivity index (χ1) is 8.16. The normalized spacial score (nSPS) is 16.1. The highest BCUT2D eigenvalue weighted by Gasteiger charge is 2.17. The van der Waals surface area contributed by atoms with Gasteiger partial charge in [-0.15, -0.1) is 0 Å². The largest absolute Gasteiger partial charge is 0.331 e. The van der Waals surface area contributed by atoms with Gasteiger partial charge in [0.25, 0.3) is 0 Å². The number of halogens is 2. The van der Waals surface area contributed by atoms with E-state index in [2.05, 4.69) is 21.7 Å². The maximum Gasteiger partial charge on any atom is 0.178 e. The van der Waals surface area contributed by atoms with E-state index in [1.54, 1.807) is 0 Å². The Kier molecular flexibility index (Phi) is 2.77. The quantitative estimate of drug-likeness (QED) is 0.584. The van der Waals surface area contributed by atoms with Gasteiger partial charge in [-0.1, -0.05) is 35.4 Å². The predicted octanol–water partition coefficient (Wildman–Crippen LogP) is 4.90. The van der Waals surface area contributed by atoms with Crippen molar-refractivity contribution in [2.45, 2.75) is 18.9 Å². The van der Waals surface area contributed by atoms with E-state index in [-0.39, 0.29) is 0 Å². The summed E-state index contributed by atoms with van der Waals surface area (Å²) < 4.78 is 2.86. The number of imidazole rings is 1. The summed E-state index contributed by atoms with van der Waals surface area (Å²) in [5, 5.41) is 1.11. The molecule has 17 heavy (non-hydrogen) atoms. The molecule has 2 aromatic rings. The second-order valence-corrected chi connectivity index (χ2v) is 5.38. The van der Waals surface area contributed by atoms with E-state index >= 15 is 0 Å². The Balaban J connectivity index is 2.26. The Morgan fingerprint density at radius 2 is 1.82 bits per heavy atom. The molecule has 0 spiro atoms. The van der Waals surface area contributed by atoms with Crippen LogP contribution in [-0.2, 0) is 0 Å². The molecule has 0 radical (unpaired) electrons. The summed E-state index contributed by atoms with van der Waals surface area (Å²) in [6.45, 7) is 0. The Morgan fingerprint density at radius 1 is 1.18 bits per heavy atom. The van der Waals surface area contributed by atoms with Gasteiger partial charge in [-0.2, -0.15) is 0 Å². The second kappa shape index (κ2) is 4.16. The third kappa shape index (κ3) is 1.82. The van der Waals surface area contributed by atoms with Crippen molar-refractivity contribution in [3.8, 4) is 0 Å². The van der Waals surface area contributed by atoms with Crippen LogP contribution in [0.3, 0.4) is 0 Å². The first-order valence-electron chi connectivity index (χ1n) is 5.41. The molecule has 0 fully saturated rings. The average molecular weight is 285 g/mol. The van der Waals surface area contributed by atoms with Gasteiger partial charge < -0.3 is 9.55 Å². The molecule has 0 amide bonds. The van der Waals surface area contributed by atoms with Crippen LogP contribution < -0.4 is 0 Å². The number of nitrogens with one attached hydrogen (secondary N) is 1. The van der Waals surface area contributed by atoms with Crippen molar-refractivity contribution in [1.82, 2.24) is 9.55 Å². The van der Waals surface area contributed by atoms with Crippen molar-refractivity contribution in [2.24, 2.45) is 0 Å². The van der Waals surface area contributed by atoms with Crippen LogP contribution in [0.5, 0.6) is 0 Å².